The molecule has 0 radical (unpaired) electrons. The van der Waals surface area contributed by atoms with Crippen molar-refractivity contribution in [3.05, 3.63) is 41.6 Å². The first-order valence-corrected chi connectivity index (χ1v) is 8.10. The second kappa shape index (κ2) is 5.70. The van der Waals surface area contributed by atoms with Crippen molar-refractivity contribution >= 4 is 11.6 Å². The Labute approximate surface area is 139 Å². The van der Waals surface area contributed by atoms with Crippen LogP contribution in [0.3, 0.4) is 0 Å². The van der Waals surface area contributed by atoms with Gasteiger partial charge in [-0.25, -0.2) is 0 Å². The minimum Gasteiger partial charge on any atom is -0.337 e. The molecular formula is C16H19N7O. The highest BCUT2D eigenvalue weighted by atomic mass is 16.2. The van der Waals surface area contributed by atoms with Crippen LogP contribution in [0.5, 0.6) is 0 Å². The van der Waals surface area contributed by atoms with E-state index in [1.54, 1.807) is 24.0 Å². The van der Waals surface area contributed by atoms with Crippen LogP contribution < -0.4 is 0 Å². The van der Waals surface area contributed by atoms with Crippen molar-refractivity contribution in [2.24, 2.45) is 7.05 Å². The summed E-state index contributed by atoms with van der Waals surface area (Å²) >= 11 is 0. The van der Waals surface area contributed by atoms with E-state index in [9.17, 15) is 4.79 Å². The lowest BCUT2D eigenvalue weighted by molar-refractivity contribution is 0.0699. The lowest BCUT2D eigenvalue weighted by Gasteiger charge is -2.31. The van der Waals surface area contributed by atoms with Gasteiger partial charge < -0.3 is 4.90 Å². The molecule has 0 unspecified atom stereocenters. The Hall–Kier alpha value is -2.77. The van der Waals surface area contributed by atoms with Gasteiger partial charge in [0.15, 0.2) is 11.5 Å². The average Bonchev–Trinajstić information content (AvgIpc) is 3.20. The van der Waals surface area contributed by atoms with Crippen molar-refractivity contribution in [1.82, 2.24) is 34.5 Å². The monoisotopic (exact) mass is 325 g/mol. The highest BCUT2D eigenvalue weighted by Crippen LogP contribution is 2.27. The van der Waals surface area contributed by atoms with Crippen LogP contribution in [0.25, 0.3) is 5.65 Å². The number of hydrogen-bond acceptors (Lipinski definition) is 5. The number of piperidine rings is 1. The molecule has 4 heterocycles. The standard InChI is InChI=1S/C16H19N7O/c1-11-3-4-14-18-19-15(23(14)20-11)12-6-9-22(10-7-12)16(24)13-5-8-17-21(13)2/h3-5,8,12H,6-7,9-10H2,1-2H3. The largest absolute Gasteiger partial charge is 0.337 e. The summed E-state index contributed by atoms with van der Waals surface area (Å²) in [6, 6.07) is 5.62. The van der Waals surface area contributed by atoms with Crippen molar-refractivity contribution in [2.45, 2.75) is 25.7 Å². The van der Waals surface area contributed by atoms with Gasteiger partial charge in [-0.3, -0.25) is 9.48 Å². The Morgan fingerprint density at radius 2 is 1.96 bits per heavy atom. The van der Waals surface area contributed by atoms with Crippen molar-refractivity contribution in [1.29, 1.82) is 0 Å². The molecule has 1 saturated heterocycles. The molecular weight excluding hydrogens is 306 g/mol. The van der Waals surface area contributed by atoms with E-state index in [1.807, 2.05) is 28.5 Å². The first-order chi connectivity index (χ1) is 11.6. The number of aryl methyl sites for hydroxylation is 2. The fraction of sp³-hybridized carbons (Fsp3) is 0.438. The summed E-state index contributed by atoms with van der Waals surface area (Å²) in [7, 11) is 1.79. The number of aromatic nitrogens is 6. The maximum absolute atomic E-state index is 12.6. The molecule has 1 fully saturated rings. The molecule has 4 rings (SSSR count). The van der Waals surface area contributed by atoms with Gasteiger partial charge in [0.05, 0.1) is 5.69 Å². The zero-order valence-electron chi connectivity index (χ0n) is 13.8. The molecule has 0 spiro atoms. The van der Waals surface area contributed by atoms with E-state index < -0.39 is 0 Å². The van der Waals surface area contributed by atoms with Crippen LogP contribution in [0.4, 0.5) is 0 Å². The lowest BCUT2D eigenvalue weighted by Crippen LogP contribution is -2.39. The Morgan fingerprint density at radius 1 is 1.17 bits per heavy atom. The summed E-state index contributed by atoms with van der Waals surface area (Å²) in [4.78, 5) is 14.4. The number of hydrogen-bond donors (Lipinski definition) is 0. The molecule has 0 saturated carbocycles. The molecule has 0 N–H and O–H groups in total. The van der Waals surface area contributed by atoms with Gasteiger partial charge >= 0.3 is 0 Å². The van der Waals surface area contributed by atoms with Crippen LogP contribution in [0.15, 0.2) is 24.4 Å². The molecule has 3 aromatic rings. The molecule has 8 nitrogen and oxygen atoms in total. The van der Waals surface area contributed by atoms with E-state index in [2.05, 4.69) is 20.4 Å². The van der Waals surface area contributed by atoms with E-state index in [-0.39, 0.29) is 11.8 Å². The zero-order chi connectivity index (χ0) is 16.7. The fourth-order valence-corrected chi connectivity index (χ4v) is 3.24. The normalized spacial score (nSPS) is 16.0. The number of fused-ring (bicyclic) bond motifs is 1. The Bertz CT molecular complexity index is 889. The molecule has 0 aliphatic carbocycles. The summed E-state index contributed by atoms with van der Waals surface area (Å²) in [5, 5.41) is 17.1. The molecule has 0 atom stereocenters. The van der Waals surface area contributed by atoms with Crippen LogP contribution in [0, 0.1) is 6.92 Å². The van der Waals surface area contributed by atoms with Gasteiger partial charge in [0.1, 0.15) is 5.69 Å². The Balaban J connectivity index is 1.50. The van der Waals surface area contributed by atoms with Crippen LogP contribution in [-0.4, -0.2) is 53.5 Å². The van der Waals surface area contributed by atoms with Crippen molar-refractivity contribution < 1.29 is 4.79 Å². The van der Waals surface area contributed by atoms with Gasteiger partial charge in [-0.05, 0) is 38.0 Å². The topological polar surface area (TPSA) is 81.2 Å². The molecule has 3 aromatic heterocycles. The second-order valence-electron chi connectivity index (χ2n) is 6.21. The summed E-state index contributed by atoms with van der Waals surface area (Å²) in [5.41, 5.74) is 2.33. The van der Waals surface area contributed by atoms with E-state index in [1.165, 1.54) is 0 Å². The van der Waals surface area contributed by atoms with Crippen LogP contribution in [0.2, 0.25) is 0 Å². The maximum Gasteiger partial charge on any atom is 0.272 e. The molecule has 24 heavy (non-hydrogen) atoms. The van der Waals surface area contributed by atoms with Crippen LogP contribution in [0.1, 0.15) is 40.8 Å². The van der Waals surface area contributed by atoms with Gasteiger partial charge in [-0.15, -0.1) is 10.2 Å². The number of rotatable bonds is 2. The van der Waals surface area contributed by atoms with E-state index in [0.29, 0.717) is 18.8 Å². The van der Waals surface area contributed by atoms with Gasteiger partial charge in [0.25, 0.3) is 5.91 Å². The molecule has 0 bridgehead atoms. The number of carbonyl (C=O) groups excluding carboxylic acids is 1. The van der Waals surface area contributed by atoms with Crippen molar-refractivity contribution in [2.75, 3.05) is 13.1 Å². The van der Waals surface area contributed by atoms with Crippen LogP contribution in [-0.2, 0) is 7.05 Å². The molecule has 124 valence electrons. The maximum atomic E-state index is 12.6. The second-order valence-corrected chi connectivity index (χ2v) is 6.21. The fourth-order valence-electron chi connectivity index (χ4n) is 3.24. The third-order valence-electron chi connectivity index (χ3n) is 4.61. The number of nitrogens with zero attached hydrogens (tertiary/aromatic N) is 7. The lowest BCUT2D eigenvalue weighted by atomic mass is 9.96. The smallest absolute Gasteiger partial charge is 0.272 e. The molecule has 1 aliphatic heterocycles. The Morgan fingerprint density at radius 3 is 2.67 bits per heavy atom. The van der Waals surface area contributed by atoms with Gasteiger partial charge in [0, 0.05) is 32.3 Å². The number of amides is 1. The van der Waals surface area contributed by atoms with E-state index >= 15 is 0 Å². The van der Waals surface area contributed by atoms with Crippen molar-refractivity contribution in [3.63, 3.8) is 0 Å². The Kier molecular flexibility index (Phi) is 3.51. The molecule has 1 aliphatic rings. The number of likely N-dealkylation sites (tertiary alicyclic amines) is 1. The first kappa shape index (κ1) is 14.8. The third kappa shape index (κ3) is 2.44. The van der Waals surface area contributed by atoms with Gasteiger partial charge in [0.2, 0.25) is 0 Å². The quantitative estimate of drug-likeness (QED) is 0.707. The van der Waals surface area contributed by atoms with Crippen LogP contribution >= 0.6 is 0 Å². The highest BCUT2D eigenvalue weighted by Gasteiger charge is 2.28. The highest BCUT2D eigenvalue weighted by molar-refractivity contribution is 5.92. The average molecular weight is 325 g/mol. The molecule has 0 aromatic carbocycles. The summed E-state index contributed by atoms with van der Waals surface area (Å²) in [6.07, 6.45) is 3.37. The minimum absolute atomic E-state index is 0.0357. The molecule has 8 heteroatoms. The van der Waals surface area contributed by atoms with Gasteiger partial charge in [-0.2, -0.15) is 14.7 Å². The first-order valence-electron chi connectivity index (χ1n) is 8.10. The third-order valence-corrected chi connectivity index (χ3v) is 4.61. The summed E-state index contributed by atoms with van der Waals surface area (Å²) < 4.78 is 3.45. The predicted octanol–water partition coefficient (Wildman–Crippen LogP) is 1.19. The SMILES string of the molecule is Cc1ccc2nnc(C3CCN(C(=O)c4ccnn4C)CC3)n2n1. The number of carbonyl (C=O) groups is 1. The van der Waals surface area contributed by atoms with E-state index in [4.69, 9.17) is 0 Å². The minimum atomic E-state index is 0.0357. The van der Waals surface area contributed by atoms with E-state index in [0.717, 1.165) is 30.0 Å². The predicted molar refractivity (Wildman–Crippen MR) is 86.6 cm³/mol. The summed E-state index contributed by atoms with van der Waals surface area (Å²) in [6.45, 7) is 3.36. The summed E-state index contributed by atoms with van der Waals surface area (Å²) in [5.74, 6) is 1.19. The zero-order valence-corrected chi connectivity index (χ0v) is 13.8. The molecule has 1 amide bonds. The van der Waals surface area contributed by atoms with Gasteiger partial charge in [-0.1, -0.05) is 0 Å². The van der Waals surface area contributed by atoms with Crippen molar-refractivity contribution in [3.8, 4) is 0 Å².